The summed E-state index contributed by atoms with van der Waals surface area (Å²) in [6.07, 6.45) is 4.91. The highest BCUT2D eigenvalue weighted by Crippen LogP contribution is 2.24. The first-order chi connectivity index (χ1) is 8.69. The Balaban J connectivity index is 1.81. The van der Waals surface area contributed by atoms with E-state index < -0.39 is 0 Å². The third kappa shape index (κ3) is 3.86. The van der Waals surface area contributed by atoms with Crippen LogP contribution in [-0.4, -0.2) is 19.0 Å². The maximum absolute atomic E-state index is 6.11. The summed E-state index contributed by atoms with van der Waals surface area (Å²) in [6, 6.07) is 5.52. The largest absolute Gasteiger partial charge is 0.350 e. The molecule has 0 aliphatic carbocycles. The summed E-state index contributed by atoms with van der Waals surface area (Å²) in [5, 5.41) is 1.34. The van der Waals surface area contributed by atoms with Crippen molar-refractivity contribution in [2.45, 2.75) is 38.6 Å². The van der Waals surface area contributed by atoms with Gasteiger partial charge in [0.15, 0.2) is 6.29 Å². The molecule has 1 aliphatic rings. The van der Waals surface area contributed by atoms with E-state index in [-0.39, 0.29) is 12.4 Å². The van der Waals surface area contributed by atoms with Gasteiger partial charge in [0.2, 0.25) is 0 Å². The van der Waals surface area contributed by atoms with Crippen molar-refractivity contribution in [1.82, 2.24) is 0 Å². The van der Waals surface area contributed by atoms with E-state index in [1.807, 2.05) is 18.6 Å². The molecule has 0 N–H and O–H groups in total. The fraction of sp³-hybridized carbons (Fsp3) is 0.500. The molecule has 2 atom stereocenters. The Kier molecular flexibility index (Phi) is 5.31. The number of rotatable bonds is 5. The molecule has 1 radical (unpaired) electrons. The van der Waals surface area contributed by atoms with Gasteiger partial charge in [-0.2, -0.15) is 0 Å². The summed E-state index contributed by atoms with van der Waals surface area (Å²) in [4.78, 5) is 0. The highest BCUT2D eigenvalue weighted by atomic mass is 35.5. The van der Waals surface area contributed by atoms with Crippen molar-refractivity contribution in [3.63, 3.8) is 0 Å². The lowest BCUT2D eigenvalue weighted by molar-refractivity contribution is -0.0342. The fourth-order valence-electron chi connectivity index (χ4n) is 1.98. The molecule has 0 aromatic heterocycles. The third-order valence-corrected chi connectivity index (χ3v) is 3.52. The molecular formula is C14H17Cl2O2. The molecule has 2 rings (SSSR count). The number of hydrogen-bond donors (Lipinski definition) is 0. The van der Waals surface area contributed by atoms with Crippen LogP contribution in [0, 0.1) is 6.42 Å². The quantitative estimate of drug-likeness (QED) is 0.805. The highest BCUT2D eigenvalue weighted by molar-refractivity contribution is 6.35. The Morgan fingerprint density at radius 1 is 1.39 bits per heavy atom. The number of hydrogen-bond acceptors (Lipinski definition) is 2. The lowest BCUT2D eigenvalue weighted by Crippen LogP contribution is -2.13. The van der Waals surface area contributed by atoms with Gasteiger partial charge in [0.25, 0.3) is 0 Å². The van der Waals surface area contributed by atoms with Gasteiger partial charge in [-0.25, -0.2) is 0 Å². The lowest BCUT2D eigenvalue weighted by atomic mass is 10.1. The average Bonchev–Trinajstić information content (AvgIpc) is 2.76. The summed E-state index contributed by atoms with van der Waals surface area (Å²) in [5.41, 5.74) is 1.03. The summed E-state index contributed by atoms with van der Waals surface area (Å²) >= 11 is 12.0. The van der Waals surface area contributed by atoms with Crippen molar-refractivity contribution in [3.8, 4) is 0 Å². The molecule has 1 heterocycles. The van der Waals surface area contributed by atoms with Crippen LogP contribution in [0.15, 0.2) is 18.2 Å². The number of halogens is 2. The fourth-order valence-corrected chi connectivity index (χ4v) is 2.46. The minimum absolute atomic E-state index is 0.215. The molecule has 2 nitrogen and oxygen atoms in total. The summed E-state index contributed by atoms with van der Waals surface area (Å²) < 4.78 is 11.3. The molecule has 0 saturated carbocycles. The van der Waals surface area contributed by atoms with Crippen molar-refractivity contribution >= 4 is 23.2 Å². The first-order valence-corrected chi connectivity index (χ1v) is 6.99. The van der Waals surface area contributed by atoms with Crippen LogP contribution in [0.4, 0.5) is 0 Å². The van der Waals surface area contributed by atoms with Gasteiger partial charge in [-0.05, 0) is 30.5 Å². The second-order valence-electron chi connectivity index (χ2n) is 4.42. The third-order valence-electron chi connectivity index (χ3n) is 2.93. The topological polar surface area (TPSA) is 18.5 Å². The molecule has 18 heavy (non-hydrogen) atoms. The second-order valence-corrected chi connectivity index (χ2v) is 5.27. The van der Waals surface area contributed by atoms with Gasteiger partial charge in [-0.3, -0.25) is 0 Å². The Labute approximate surface area is 118 Å². The average molecular weight is 288 g/mol. The predicted octanol–water partition coefficient (Wildman–Crippen LogP) is 4.28. The number of benzene rings is 1. The summed E-state index contributed by atoms with van der Waals surface area (Å²) in [7, 11) is 0. The molecule has 4 heteroatoms. The van der Waals surface area contributed by atoms with Gasteiger partial charge in [-0.15, -0.1) is 0 Å². The Morgan fingerprint density at radius 3 is 2.94 bits per heavy atom. The standard InChI is InChI=1S/C14H17Cl2O2/c1-2-3-12-9-17-14(18-12)7-5-10-4-6-11(15)8-13(10)16/h4,6-8,12,14H,2-3,5,9H2,1H3. The first kappa shape index (κ1) is 14.1. The van der Waals surface area contributed by atoms with Crippen LogP contribution >= 0.6 is 23.2 Å². The molecule has 0 bridgehead atoms. The van der Waals surface area contributed by atoms with Crippen LogP contribution in [0.1, 0.15) is 25.3 Å². The molecule has 0 amide bonds. The van der Waals surface area contributed by atoms with E-state index in [9.17, 15) is 0 Å². The second kappa shape index (κ2) is 6.76. The summed E-state index contributed by atoms with van der Waals surface area (Å²) in [5.74, 6) is 0. The van der Waals surface area contributed by atoms with Gasteiger partial charge in [-0.1, -0.05) is 42.6 Å². The number of ether oxygens (including phenoxy) is 2. The van der Waals surface area contributed by atoms with E-state index in [0.717, 1.165) is 24.8 Å². The van der Waals surface area contributed by atoms with Crippen LogP contribution in [0.3, 0.4) is 0 Å². The van der Waals surface area contributed by atoms with Crippen LogP contribution in [0.25, 0.3) is 0 Å². The molecule has 2 unspecified atom stereocenters. The molecule has 99 valence electrons. The van der Waals surface area contributed by atoms with E-state index >= 15 is 0 Å². The van der Waals surface area contributed by atoms with Crippen molar-refractivity contribution in [2.75, 3.05) is 6.61 Å². The minimum Gasteiger partial charge on any atom is -0.350 e. The van der Waals surface area contributed by atoms with Crippen LogP contribution in [0.2, 0.25) is 10.0 Å². The molecule has 1 saturated heterocycles. The molecule has 1 aromatic carbocycles. The van der Waals surface area contributed by atoms with Crippen LogP contribution in [-0.2, 0) is 15.9 Å². The first-order valence-electron chi connectivity index (χ1n) is 6.23. The van der Waals surface area contributed by atoms with Crippen molar-refractivity contribution in [1.29, 1.82) is 0 Å². The van der Waals surface area contributed by atoms with Crippen LogP contribution in [0.5, 0.6) is 0 Å². The van der Waals surface area contributed by atoms with Gasteiger partial charge in [0.05, 0.1) is 12.7 Å². The lowest BCUT2D eigenvalue weighted by Gasteiger charge is -2.11. The van der Waals surface area contributed by atoms with Gasteiger partial charge >= 0.3 is 0 Å². The van der Waals surface area contributed by atoms with Gasteiger partial charge in [0.1, 0.15) is 0 Å². The maximum atomic E-state index is 6.11. The van der Waals surface area contributed by atoms with E-state index in [0.29, 0.717) is 16.7 Å². The van der Waals surface area contributed by atoms with Crippen molar-refractivity contribution in [3.05, 3.63) is 40.2 Å². The van der Waals surface area contributed by atoms with Gasteiger partial charge < -0.3 is 9.47 Å². The minimum atomic E-state index is -0.215. The van der Waals surface area contributed by atoms with Crippen molar-refractivity contribution in [2.24, 2.45) is 0 Å². The van der Waals surface area contributed by atoms with Crippen LogP contribution < -0.4 is 0 Å². The zero-order valence-corrected chi connectivity index (χ0v) is 11.9. The SMILES string of the molecule is CCCC1COC([CH]Cc2ccc(Cl)cc2Cl)O1. The Morgan fingerprint density at radius 2 is 2.22 bits per heavy atom. The van der Waals surface area contributed by atoms with Crippen molar-refractivity contribution < 1.29 is 9.47 Å². The van der Waals surface area contributed by atoms with E-state index in [4.69, 9.17) is 32.7 Å². The monoisotopic (exact) mass is 287 g/mol. The molecule has 1 aromatic rings. The predicted molar refractivity (Wildman–Crippen MR) is 74.0 cm³/mol. The molecule has 1 aliphatic heterocycles. The van der Waals surface area contributed by atoms with E-state index in [1.165, 1.54) is 0 Å². The zero-order chi connectivity index (χ0) is 13.0. The van der Waals surface area contributed by atoms with E-state index in [2.05, 4.69) is 6.92 Å². The highest BCUT2D eigenvalue weighted by Gasteiger charge is 2.25. The smallest absolute Gasteiger partial charge is 0.161 e. The maximum Gasteiger partial charge on any atom is 0.161 e. The molecule has 1 fully saturated rings. The Hall–Kier alpha value is -0.280. The Bertz CT molecular complexity index is 395. The normalized spacial score (nSPS) is 23.5. The zero-order valence-electron chi connectivity index (χ0n) is 10.4. The van der Waals surface area contributed by atoms with E-state index in [1.54, 1.807) is 6.07 Å². The molecular weight excluding hydrogens is 271 g/mol. The molecule has 0 spiro atoms. The summed E-state index contributed by atoms with van der Waals surface area (Å²) in [6.45, 7) is 2.83. The van der Waals surface area contributed by atoms with Gasteiger partial charge in [0, 0.05) is 16.5 Å².